The van der Waals surface area contributed by atoms with Crippen molar-refractivity contribution in [2.75, 3.05) is 18.4 Å². The lowest BCUT2D eigenvalue weighted by molar-refractivity contribution is -0.384. The first-order valence-electron chi connectivity index (χ1n) is 6.52. The molecule has 1 aromatic heterocycles. The monoisotopic (exact) mass is 296 g/mol. The molecule has 0 saturated heterocycles. The zero-order valence-electron chi connectivity index (χ0n) is 12.6. The maximum absolute atomic E-state index is 11.4. The van der Waals surface area contributed by atoms with Crippen LogP contribution in [0.5, 0.6) is 0 Å². The van der Waals surface area contributed by atoms with Crippen molar-refractivity contribution in [3.63, 3.8) is 0 Å². The lowest BCUT2D eigenvalue weighted by Crippen LogP contribution is -2.35. The average molecular weight is 296 g/mol. The number of carbonyl (C=O) groups is 1. The number of anilines is 1. The van der Waals surface area contributed by atoms with Gasteiger partial charge >= 0.3 is 11.8 Å². The first-order chi connectivity index (χ1) is 9.69. The molecule has 0 atom stereocenters. The quantitative estimate of drug-likeness (QED) is 0.490. The van der Waals surface area contributed by atoms with Crippen molar-refractivity contribution in [3.8, 4) is 0 Å². The lowest BCUT2D eigenvalue weighted by atomic mass is 10.2. The third-order valence-electron chi connectivity index (χ3n) is 2.30. The highest BCUT2D eigenvalue weighted by atomic mass is 16.6. The largest absolute Gasteiger partial charge is 0.444 e. The molecule has 0 saturated carbocycles. The van der Waals surface area contributed by atoms with Crippen LogP contribution in [0.2, 0.25) is 0 Å². The standard InChI is InChI=1S/C13H20N4O4/c1-9-5-6-10(17(19)20)11(16-9)14-7-8-15-12(18)21-13(2,3)4/h5-6H,7-8H2,1-4H3,(H,14,16)(H,15,18). The topological polar surface area (TPSA) is 106 Å². The van der Waals surface area contributed by atoms with Crippen LogP contribution in [-0.2, 0) is 4.74 Å². The van der Waals surface area contributed by atoms with E-state index < -0.39 is 16.6 Å². The van der Waals surface area contributed by atoms with Gasteiger partial charge in [0, 0.05) is 24.8 Å². The van der Waals surface area contributed by atoms with Crippen molar-refractivity contribution >= 4 is 17.6 Å². The van der Waals surface area contributed by atoms with Gasteiger partial charge in [0.05, 0.1) is 4.92 Å². The van der Waals surface area contributed by atoms with Gasteiger partial charge < -0.3 is 15.4 Å². The Hall–Kier alpha value is -2.38. The Balaban J connectivity index is 2.48. The van der Waals surface area contributed by atoms with Crippen molar-refractivity contribution in [1.82, 2.24) is 10.3 Å². The molecule has 116 valence electrons. The molecule has 0 radical (unpaired) electrons. The first kappa shape index (κ1) is 16.7. The molecule has 1 aromatic rings. The molecule has 21 heavy (non-hydrogen) atoms. The number of carbonyl (C=O) groups excluding carboxylic acids is 1. The van der Waals surface area contributed by atoms with E-state index in [1.165, 1.54) is 6.07 Å². The Morgan fingerprint density at radius 1 is 1.38 bits per heavy atom. The van der Waals surface area contributed by atoms with Crippen molar-refractivity contribution in [3.05, 3.63) is 27.9 Å². The molecule has 0 aliphatic carbocycles. The summed E-state index contributed by atoms with van der Waals surface area (Å²) in [5.74, 6) is 0.186. The fraction of sp³-hybridized carbons (Fsp3) is 0.538. The van der Waals surface area contributed by atoms with Gasteiger partial charge in [-0.3, -0.25) is 10.1 Å². The van der Waals surface area contributed by atoms with Crippen molar-refractivity contribution < 1.29 is 14.5 Å². The van der Waals surface area contributed by atoms with E-state index in [4.69, 9.17) is 4.74 Å². The zero-order valence-corrected chi connectivity index (χ0v) is 12.6. The van der Waals surface area contributed by atoms with Crippen LogP contribution in [0.25, 0.3) is 0 Å². The molecule has 0 aromatic carbocycles. The van der Waals surface area contributed by atoms with E-state index in [0.717, 1.165) is 0 Å². The highest BCUT2D eigenvalue weighted by Crippen LogP contribution is 2.21. The number of pyridine rings is 1. The Morgan fingerprint density at radius 2 is 2.05 bits per heavy atom. The highest BCUT2D eigenvalue weighted by molar-refractivity contribution is 5.67. The number of hydrogen-bond acceptors (Lipinski definition) is 6. The van der Waals surface area contributed by atoms with Crippen LogP contribution in [0.3, 0.4) is 0 Å². The van der Waals surface area contributed by atoms with Crippen LogP contribution in [0, 0.1) is 17.0 Å². The van der Waals surface area contributed by atoms with Gasteiger partial charge in [-0.05, 0) is 33.8 Å². The van der Waals surface area contributed by atoms with Crippen LogP contribution >= 0.6 is 0 Å². The molecule has 1 amide bonds. The average Bonchev–Trinajstić information content (AvgIpc) is 2.32. The third-order valence-corrected chi connectivity index (χ3v) is 2.30. The normalized spacial score (nSPS) is 10.9. The van der Waals surface area contributed by atoms with E-state index in [9.17, 15) is 14.9 Å². The van der Waals surface area contributed by atoms with Crippen molar-refractivity contribution in [1.29, 1.82) is 0 Å². The van der Waals surface area contributed by atoms with Crippen LogP contribution < -0.4 is 10.6 Å². The predicted molar refractivity (Wildman–Crippen MR) is 78.4 cm³/mol. The van der Waals surface area contributed by atoms with Gasteiger partial charge in [0.25, 0.3) is 0 Å². The van der Waals surface area contributed by atoms with Gasteiger partial charge in [-0.2, -0.15) is 0 Å². The molecular formula is C13H20N4O4. The van der Waals surface area contributed by atoms with Crippen LogP contribution in [0.1, 0.15) is 26.5 Å². The second-order valence-electron chi connectivity index (χ2n) is 5.43. The summed E-state index contributed by atoms with van der Waals surface area (Å²) >= 11 is 0. The number of nitrogens with zero attached hydrogens (tertiary/aromatic N) is 2. The maximum atomic E-state index is 11.4. The molecule has 0 aliphatic heterocycles. The van der Waals surface area contributed by atoms with E-state index >= 15 is 0 Å². The first-order valence-corrected chi connectivity index (χ1v) is 6.52. The summed E-state index contributed by atoms with van der Waals surface area (Å²) in [4.78, 5) is 25.9. The summed E-state index contributed by atoms with van der Waals surface area (Å²) in [6.45, 7) is 7.62. The Bertz CT molecular complexity index is 525. The van der Waals surface area contributed by atoms with Gasteiger partial charge in [-0.15, -0.1) is 0 Å². The Labute approximate surface area is 123 Å². The summed E-state index contributed by atoms with van der Waals surface area (Å²) in [5.41, 5.74) is 0.00932. The number of nitro groups is 1. The predicted octanol–water partition coefficient (Wildman–Crippen LogP) is 2.23. The van der Waals surface area contributed by atoms with E-state index in [0.29, 0.717) is 12.2 Å². The fourth-order valence-corrected chi connectivity index (χ4v) is 1.49. The number of hydrogen-bond donors (Lipinski definition) is 2. The molecule has 0 fully saturated rings. The van der Waals surface area contributed by atoms with Gasteiger partial charge in [0.1, 0.15) is 5.60 Å². The number of aromatic nitrogens is 1. The van der Waals surface area contributed by atoms with Crippen molar-refractivity contribution in [2.45, 2.75) is 33.3 Å². The lowest BCUT2D eigenvalue weighted by Gasteiger charge is -2.19. The molecule has 8 nitrogen and oxygen atoms in total. The molecule has 1 heterocycles. The Morgan fingerprint density at radius 3 is 2.62 bits per heavy atom. The maximum Gasteiger partial charge on any atom is 0.407 e. The minimum absolute atomic E-state index is 0.0992. The number of ether oxygens (including phenoxy) is 1. The fourth-order valence-electron chi connectivity index (χ4n) is 1.49. The number of rotatable bonds is 5. The third kappa shape index (κ3) is 6.07. The molecule has 0 unspecified atom stereocenters. The number of amides is 1. The minimum atomic E-state index is -0.561. The van der Waals surface area contributed by atoms with Gasteiger partial charge in [-0.1, -0.05) is 0 Å². The number of nitrogens with one attached hydrogen (secondary N) is 2. The highest BCUT2D eigenvalue weighted by Gasteiger charge is 2.16. The van der Waals surface area contributed by atoms with Crippen LogP contribution in [0.4, 0.5) is 16.3 Å². The van der Waals surface area contributed by atoms with Gasteiger partial charge in [0.15, 0.2) is 0 Å². The number of aryl methyl sites for hydroxylation is 1. The molecular weight excluding hydrogens is 276 g/mol. The molecule has 0 aliphatic rings. The second kappa shape index (κ2) is 6.87. The van der Waals surface area contributed by atoms with Gasteiger partial charge in [0.2, 0.25) is 5.82 Å². The number of alkyl carbamates (subject to hydrolysis) is 1. The van der Waals surface area contributed by atoms with E-state index in [-0.39, 0.29) is 18.1 Å². The van der Waals surface area contributed by atoms with E-state index in [2.05, 4.69) is 15.6 Å². The molecule has 8 heteroatoms. The Kier molecular flexibility index (Phi) is 5.45. The minimum Gasteiger partial charge on any atom is -0.444 e. The molecule has 2 N–H and O–H groups in total. The zero-order chi connectivity index (χ0) is 16.0. The van der Waals surface area contributed by atoms with Crippen molar-refractivity contribution in [2.24, 2.45) is 0 Å². The van der Waals surface area contributed by atoms with Crippen LogP contribution in [-0.4, -0.2) is 34.7 Å². The summed E-state index contributed by atoms with van der Waals surface area (Å²) in [7, 11) is 0. The molecule has 1 rings (SSSR count). The summed E-state index contributed by atoms with van der Waals surface area (Å²) in [6, 6.07) is 2.97. The summed E-state index contributed by atoms with van der Waals surface area (Å²) in [6.07, 6.45) is -0.531. The molecule has 0 bridgehead atoms. The van der Waals surface area contributed by atoms with E-state index in [1.54, 1.807) is 33.8 Å². The molecule has 0 spiro atoms. The van der Waals surface area contributed by atoms with Gasteiger partial charge in [-0.25, -0.2) is 9.78 Å². The van der Waals surface area contributed by atoms with E-state index in [1.807, 2.05) is 0 Å². The van der Waals surface area contributed by atoms with Crippen LogP contribution in [0.15, 0.2) is 12.1 Å². The summed E-state index contributed by atoms with van der Waals surface area (Å²) in [5, 5.41) is 16.2. The SMILES string of the molecule is Cc1ccc([N+](=O)[O-])c(NCCNC(=O)OC(C)(C)C)n1. The summed E-state index contributed by atoms with van der Waals surface area (Å²) < 4.78 is 5.07. The smallest absolute Gasteiger partial charge is 0.407 e. The second-order valence-corrected chi connectivity index (χ2v) is 5.43.